The Bertz CT molecular complexity index is 243. The highest BCUT2D eigenvalue weighted by Gasteiger charge is 2.33. The molecular weight excluding hydrogens is 226 g/mol. The van der Waals surface area contributed by atoms with Crippen molar-refractivity contribution in [3.63, 3.8) is 0 Å². The molecule has 0 aromatic rings. The fourth-order valence-electron chi connectivity index (χ4n) is 3.58. The van der Waals surface area contributed by atoms with Gasteiger partial charge in [0.15, 0.2) is 0 Å². The number of aliphatic hydroxyl groups is 1. The molecule has 18 heavy (non-hydrogen) atoms. The Kier molecular flexibility index (Phi) is 5.46. The second-order valence-corrected chi connectivity index (χ2v) is 6.28. The van der Waals surface area contributed by atoms with Crippen LogP contribution in [0.25, 0.3) is 0 Å². The summed E-state index contributed by atoms with van der Waals surface area (Å²) in [6.45, 7) is 6.48. The molecule has 0 amide bonds. The van der Waals surface area contributed by atoms with Crippen LogP contribution in [0.2, 0.25) is 0 Å². The largest absolute Gasteiger partial charge is 0.389 e. The van der Waals surface area contributed by atoms with E-state index >= 15 is 0 Å². The lowest BCUT2D eigenvalue weighted by Crippen LogP contribution is -2.50. The first-order valence-electron chi connectivity index (χ1n) is 7.70. The van der Waals surface area contributed by atoms with E-state index in [1.807, 2.05) is 13.8 Å². The average molecular weight is 255 g/mol. The van der Waals surface area contributed by atoms with Gasteiger partial charge in [0, 0.05) is 12.6 Å². The normalized spacial score (nSPS) is 31.3. The van der Waals surface area contributed by atoms with Gasteiger partial charge in [-0.3, -0.25) is 4.90 Å². The number of likely N-dealkylation sites (tertiary alicyclic amines) is 1. The molecule has 1 N–H and O–H groups in total. The summed E-state index contributed by atoms with van der Waals surface area (Å²) in [7, 11) is 0. The van der Waals surface area contributed by atoms with Crippen molar-refractivity contribution < 1.29 is 9.84 Å². The third-order valence-electron chi connectivity index (χ3n) is 4.43. The molecule has 2 fully saturated rings. The molecule has 1 saturated heterocycles. The molecule has 1 unspecified atom stereocenters. The Hall–Kier alpha value is -0.120. The van der Waals surface area contributed by atoms with Crippen molar-refractivity contribution >= 4 is 0 Å². The van der Waals surface area contributed by atoms with Crippen LogP contribution in [0.15, 0.2) is 0 Å². The van der Waals surface area contributed by atoms with Crippen molar-refractivity contribution in [2.75, 3.05) is 19.7 Å². The monoisotopic (exact) mass is 255 g/mol. The highest BCUT2D eigenvalue weighted by Crippen LogP contribution is 2.35. The molecule has 2 aliphatic rings. The maximum atomic E-state index is 10.1. The second-order valence-electron chi connectivity index (χ2n) is 6.28. The minimum absolute atomic E-state index is 0.212. The highest BCUT2D eigenvalue weighted by molar-refractivity contribution is 4.88. The third kappa shape index (κ3) is 3.94. The number of aliphatic hydroxyl groups excluding tert-OH is 1. The molecule has 2 rings (SSSR count). The van der Waals surface area contributed by atoms with Gasteiger partial charge in [-0.05, 0) is 52.0 Å². The maximum Gasteiger partial charge on any atom is 0.0900 e. The zero-order valence-corrected chi connectivity index (χ0v) is 12.0. The number of nitrogens with zero attached hydrogens (tertiary/aromatic N) is 1. The van der Waals surface area contributed by atoms with E-state index in [9.17, 15) is 5.11 Å². The standard InChI is InChI=1S/C15H29NO2/c1-12(2)18-11-14(17)10-16-9-5-7-13-6-3-4-8-15(13)16/h12-15,17H,3-11H2,1-2H3/t13-,14?,15-/m1/s1. The molecular formula is C15H29NO2. The van der Waals surface area contributed by atoms with E-state index in [1.165, 1.54) is 45.1 Å². The van der Waals surface area contributed by atoms with Gasteiger partial charge in [-0.1, -0.05) is 12.8 Å². The van der Waals surface area contributed by atoms with Crippen molar-refractivity contribution in [1.29, 1.82) is 0 Å². The quantitative estimate of drug-likeness (QED) is 0.819. The van der Waals surface area contributed by atoms with Crippen molar-refractivity contribution in [1.82, 2.24) is 4.90 Å². The van der Waals surface area contributed by atoms with Gasteiger partial charge >= 0.3 is 0 Å². The van der Waals surface area contributed by atoms with Crippen LogP contribution in [0, 0.1) is 5.92 Å². The van der Waals surface area contributed by atoms with Crippen LogP contribution in [0.1, 0.15) is 52.4 Å². The summed E-state index contributed by atoms with van der Waals surface area (Å²) in [6.07, 6.45) is 8.11. The van der Waals surface area contributed by atoms with Gasteiger partial charge in [-0.25, -0.2) is 0 Å². The third-order valence-corrected chi connectivity index (χ3v) is 4.43. The summed E-state index contributed by atoms with van der Waals surface area (Å²) < 4.78 is 5.50. The first-order chi connectivity index (χ1) is 8.66. The van der Waals surface area contributed by atoms with E-state index < -0.39 is 0 Å². The van der Waals surface area contributed by atoms with Crippen LogP contribution in [-0.4, -0.2) is 48.0 Å². The van der Waals surface area contributed by atoms with Crippen LogP contribution in [0.5, 0.6) is 0 Å². The number of piperidine rings is 1. The Balaban J connectivity index is 1.79. The number of β-amino-alcohol motifs (C(OH)–C–C–N with tert-alkyl or cyclic N) is 1. The molecule has 3 atom stereocenters. The lowest BCUT2D eigenvalue weighted by atomic mass is 9.78. The zero-order chi connectivity index (χ0) is 13.0. The van der Waals surface area contributed by atoms with Crippen LogP contribution in [0.3, 0.4) is 0 Å². The number of rotatable bonds is 5. The molecule has 1 aliphatic heterocycles. The minimum atomic E-state index is -0.326. The maximum absolute atomic E-state index is 10.1. The van der Waals surface area contributed by atoms with Gasteiger partial charge in [-0.15, -0.1) is 0 Å². The Morgan fingerprint density at radius 1 is 1.17 bits per heavy atom. The predicted molar refractivity (Wildman–Crippen MR) is 73.6 cm³/mol. The molecule has 1 aliphatic carbocycles. The summed E-state index contributed by atoms with van der Waals surface area (Å²) in [5.74, 6) is 0.894. The van der Waals surface area contributed by atoms with Crippen LogP contribution in [0.4, 0.5) is 0 Å². The number of hydrogen-bond donors (Lipinski definition) is 1. The van der Waals surface area contributed by atoms with Crippen molar-refractivity contribution in [3.05, 3.63) is 0 Å². The van der Waals surface area contributed by atoms with E-state index in [-0.39, 0.29) is 12.2 Å². The van der Waals surface area contributed by atoms with E-state index in [0.717, 1.165) is 18.5 Å². The van der Waals surface area contributed by atoms with E-state index in [0.29, 0.717) is 6.61 Å². The van der Waals surface area contributed by atoms with Crippen LogP contribution >= 0.6 is 0 Å². The topological polar surface area (TPSA) is 32.7 Å². The molecule has 0 aromatic heterocycles. The first kappa shape index (κ1) is 14.3. The smallest absolute Gasteiger partial charge is 0.0900 e. The molecule has 0 radical (unpaired) electrons. The second kappa shape index (κ2) is 6.88. The fourth-order valence-corrected chi connectivity index (χ4v) is 3.58. The van der Waals surface area contributed by atoms with Gasteiger partial charge in [-0.2, -0.15) is 0 Å². The van der Waals surface area contributed by atoms with Gasteiger partial charge in [0.1, 0.15) is 0 Å². The molecule has 1 heterocycles. The Labute approximate surface area is 112 Å². The Morgan fingerprint density at radius 3 is 2.67 bits per heavy atom. The van der Waals surface area contributed by atoms with Gasteiger partial charge < -0.3 is 9.84 Å². The number of hydrogen-bond acceptors (Lipinski definition) is 3. The van der Waals surface area contributed by atoms with Gasteiger partial charge in [0.05, 0.1) is 18.8 Å². The highest BCUT2D eigenvalue weighted by atomic mass is 16.5. The molecule has 3 heteroatoms. The Morgan fingerprint density at radius 2 is 1.89 bits per heavy atom. The molecule has 0 spiro atoms. The van der Waals surface area contributed by atoms with E-state index in [4.69, 9.17) is 4.74 Å². The zero-order valence-electron chi connectivity index (χ0n) is 12.0. The van der Waals surface area contributed by atoms with E-state index in [2.05, 4.69) is 4.90 Å². The summed E-state index contributed by atoms with van der Waals surface area (Å²) in [4.78, 5) is 2.53. The van der Waals surface area contributed by atoms with Gasteiger partial charge in [0.2, 0.25) is 0 Å². The molecule has 1 saturated carbocycles. The molecule has 0 aromatic carbocycles. The van der Waals surface area contributed by atoms with Crippen molar-refractivity contribution in [3.8, 4) is 0 Å². The minimum Gasteiger partial charge on any atom is -0.389 e. The van der Waals surface area contributed by atoms with Crippen LogP contribution < -0.4 is 0 Å². The van der Waals surface area contributed by atoms with Crippen LogP contribution in [-0.2, 0) is 4.74 Å². The lowest BCUT2D eigenvalue weighted by molar-refractivity contribution is -0.0308. The van der Waals surface area contributed by atoms with Crippen molar-refractivity contribution in [2.45, 2.75) is 70.6 Å². The van der Waals surface area contributed by atoms with Gasteiger partial charge in [0.25, 0.3) is 0 Å². The predicted octanol–water partition coefficient (Wildman–Crippen LogP) is 2.43. The summed E-state index contributed by atoms with van der Waals surface area (Å²) in [6, 6.07) is 0.737. The lowest BCUT2D eigenvalue weighted by Gasteiger charge is -2.44. The SMILES string of the molecule is CC(C)OCC(O)CN1CCC[C@H]2CCCC[C@H]21. The number of ether oxygens (including phenoxy) is 1. The first-order valence-corrected chi connectivity index (χ1v) is 7.70. The van der Waals surface area contributed by atoms with E-state index in [1.54, 1.807) is 0 Å². The van der Waals surface area contributed by atoms with Crippen molar-refractivity contribution in [2.24, 2.45) is 5.92 Å². The molecule has 106 valence electrons. The summed E-state index contributed by atoms with van der Waals surface area (Å²) >= 11 is 0. The summed E-state index contributed by atoms with van der Waals surface area (Å²) in [5, 5.41) is 10.1. The number of fused-ring (bicyclic) bond motifs is 1. The molecule has 0 bridgehead atoms. The molecule has 3 nitrogen and oxygen atoms in total. The fraction of sp³-hybridized carbons (Fsp3) is 1.00. The summed E-state index contributed by atoms with van der Waals surface area (Å²) in [5.41, 5.74) is 0. The average Bonchev–Trinajstić information content (AvgIpc) is 2.37.